The highest BCUT2D eigenvalue weighted by molar-refractivity contribution is 7.09. The molecule has 0 atom stereocenters. The number of aliphatic carboxylic acids is 1. The predicted octanol–water partition coefficient (Wildman–Crippen LogP) is 2.58. The van der Waals surface area contributed by atoms with E-state index in [1.54, 1.807) is 36.4 Å². The maximum Gasteiger partial charge on any atom is 0.323 e. The van der Waals surface area contributed by atoms with E-state index in [9.17, 15) is 9.59 Å². The number of hydrogen-bond donors (Lipinski definition) is 1. The maximum absolute atomic E-state index is 12.2. The Morgan fingerprint density at radius 3 is 2.62 bits per heavy atom. The first-order valence-electron chi connectivity index (χ1n) is 6.25. The van der Waals surface area contributed by atoms with Gasteiger partial charge in [0, 0.05) is 17.1 Å². The molecule has 0 aliphatic rings. The topological polar surface area (TPSA) is 70.5 Å². The number of nitrogens with zero attached hydrogens (tertiary/aromatic N) is 2. The second-order valence-electron chi connectivity index (χ2n) is 4.28. The summed E-state index contributed by atoms with van der Waals surface area (Å²) >= 11 is 1.49. The number of carbonyl (C=O) groups excluding carboxylic acids is 1. The minimum atomic E-state index is -1.06. The van der Waals surface area contributed by atoms with Crippen LogP contribution in [-0.4, -0.2) is 28.5 Å². The average Bonchev–Trinajstić information content (AvgIpc) is 2.88. The van der Waals surface area contributed by atoms with Gasteiger partial charge in [-0.25, -0.2) is 4.98 Å². The largest absolute Gasteiger partial charge is 0.480 e. The number of para-hydroxylation sites is 1. The quantitative estimate of drug-likeness (QED) is 0.862. The SMILES string of the molecule is Cc1nc(/C=C/C(=O)N(CC(=O)O)c2ccccc2)cs1. The molecule has 1 amide bonds. The van der Waals surface area contributed by atoms with Crippen molar-refractivity contribution in [1.82, 2.24) is 4.98 Å². The number of carboxylic acids is 1. The molecule has 1 N–H and O–H groups in total. The Kier molecular flexibility index (Phi) is 4.84. The normalized spacial score (nSPS) is 10.7. The van der Waals surface area contributed by atoms with Crippen LogP contribution >= 0.6 is 11.3 Å². The number of rotatable bonds is 5. The summed E-state index contributed by atoms with van der Waals surface area (Å²) in [5.41, 5.74) is 1.23. The smallest absolute Gasteiger partial charge is 0.323 e. The number of anilines is 1. The molecule has 0 aliphatic carbocycles. The molecule has 0 fully saturated rings. The summed E-state index contributed by atoms with van der Waals surface area (Å²) in [7, 11) is 0. The van der Waals surface area contributed by atoms with Crippen molar-refractivity contribution in [3.8, 4) is 0 Å². The molecule has 5 nitrogen and oxygen atoms in total. The molecule has 0 spiro atoms. The van der Waals surface area contributed by atoms with E-state index >= 15 is 0 Å². The second kappa shape index (κ2) is 6.81. The zero-order valence-electron chi connectivity index (χ0n) is 11.4. The summed E-state index contributed by atoms with van der Waals surface area (Å²) in [5.74, 6) is -1.46. The number of thiazole rings is 1. The summed E-state index contributed by atoms with van der Waals surface area (Å²) in [6.07, 6.45) is 2.92. The lowest BCUT2D eigenvalue weighted by atomic mass is 10.2. The van der Waals surface area contributed by atoms with Crippen molar-refractivity contribution in [3.05, 3.63) is 52.5 Å². The molecule has 2 aromatic rings. The zero-order valence-corrected chi connectivity index (χ0v) is 12.2. The van der Waals surface area contributed by atoms with Crippen molar-refractivity contribution < 1.29 is 14.7 Å². The second-order valence-corrected chi connectivity index (χ2v) is 5.34. The Labute approximate surface area is 126 Å². The molecule has 0 aliphatic heterocycles. The molecule has 2 rings (SSSR count). The molecule has 1 aromatic heterocycles. The van der Waals surface area contributed by atoms with Crippen molar-refractivity contribution in [2.75, 3.05) is 11.4 Å². The van der Waals surface area contributed by atoms with Crippen LogP contribution in [0, 0.1) is 6.92 Å². The first-order valence-corrected chi connectivity index (χ1v) is 7.13. The van der Waals surface area contributed by atoms with Crippen LogP contribution in [0.3, 0.4) is 0 Å². The first kappa shape index (κ1) is 14.9. The fraction of sp³-hybridized carbons (Fsp3) is 0.133. The summed E-state index contributed by atoms with van der Waals surface area (Å²) in [6.45, 7) is 1.49. The number of amides is 1. The van der Waals surface area contributed by atoms with Crippen molar-refractivity contribution >= 4 is 35.0 Å². The minimum Gasteiger partial charge on any atom is -0.480 e. The van der Waals surface area contributed by atoms with Crippen LogP contribution in [0.5, 0.6) is 0 Å². The standard InChI is InChI=1S/C15H14N2O3S/c1-11-16-12(10-21-11)7-8-14(18)17(9-15(19)20)13-5-3-2-4-6-13/h2-8,10H,9H2,1H3,(H,19,20)/b8-7+. The highest BCUT2D eigenvalue weighted by atomic mass is 32.1. The van der Waals surface area contributed by atoms with E-state index in [4.69, 9.17) is 5.11 Å². The van der Waals surface area contributed by atoms with Crippen LogP contribution < -0.4 is 4.90 Å². The predicted molar refractivity (Wildman–Crippen MR) is 82.3 cm³/mol. The van der Waals surface area contributed by atoms with Crippen LogP contribution in [0.4, 0.5) is 5.69 Å². The van der Waals surface area contributed by atoms with Gasteiger partial charge >= 0.3 is 5.97 Å². The monoisotopic (exact) mass is 302 g/mol. The van der Waals surface area contributed by atoms with E-state index in [0.717, 1.165) is 5.01 Å². The number of hydrogen-bond acceptors (Lipinski definition) is 4. The highest BCUT2D eigenvalue weighted by Crippen LogP contribution is 2.15. The Morgan fingerprint density at radius 1 is 1.33 bits per heavy atom. The number of aromatic nitrogens is 1. The third-order valence-electron chi connectivity index (χ3n) is 2.66. The third kappa shape index (κ3) is 4.25. The van der Waals surface area contributed by atoms with Gasteiger partial charge in [0.25, 0.3) is 5.91 Å². The van der Waals surface area contributed by atoms with E-state index in [2.05, 4.69) is 4.98 Å². The van der Waals surface area contributed by atoms with Gasteiger partial charge in [-0.2, -0.15) is 0 Å². The van der Waals surface area contributed by atoms with Crippen molar-refractivity contribution in [2.24, 2.45) is 0 Å². The van der Waals surface area contributed by atoms with Gasteiger partial charge in [0.1, 0.15) is 6.54 Å². The van der Waals surface area contributed by atoms with Gasteiger partial charge in [-0.3, -0.25) is 14.5 Å². The summed E-state index contributed by atoms with van der Waals surface area (Å²) in [6, 6.07) is 8.71. The van der Waals surface area contributed by atoms with E-state index in [1.165, 1.54) is 22.3 Å². The van der Waals surface area contributed by atoms with Crippen LogP contribution in [0.1, 0.15) is 10.7 Å². The summed E-state index contributed by atoms with van der Waals surface area (Å²) in [4.78, 5) is 28.6. The minimum absolute atomic E-state index is 0.386. The van der Waals surface area contributed by atoms with Crippen LogP contribution in [0.2, 0.25) is 0 Å². The molecule has 0 bridgehead atoms. The molecule has 1 heterocycles. The Hall–Kier alpha value is -2.47. The first-order chi connectivity index (χ1) is 10.1. The van der Waals surface area contributed by atoms with Gasteiger partial charge in [0.05, 0.1) is 10.7 Å². The van der Waals surface area contributed by atoms with E-state index < -0.39 is 11.9 Å². The summed E-state index contributed by atoms with van der Waals surface area (Å²) < 4.78 is 0. The lowest BCUT2D eigenvalue weighted by molar-refractivity contribution is -0.136. The Bertz CT molecular complexity index is 665. The van der Waals surface area contributed by atoms with Gasteiger partial charge < -0.3 is 5.11 Å². The molecule has 6 heteroatoms. The Balaban J connectivity index is 2.18. The van der Waals surface area contributed by atoms with Crippen molar-refractivity contribution in [3.63, 3.8) is 0 Å². The van der Waals surface area contributed by atoms with Crippen molar-refractivity contribution in [2.45, 2.75) is 6.92 Å². The van der Waals surface area contributed by atoms with E-state index in [-0.39, 0.29) is 6.54 Å². The van der Waals surface area contributed by atoms with Gasteiger partial charge in [-0.05, 0) is 25.1 Å². The number of carbonyl (C=O) groups is 2. The highest BCUT2D eigenvalue weighted by Gasteiger charge is 2.16. The Morgan fingerprint density at radius 2 is 2.05 bits per heavy atom. The summed E-state index contributed by atoms with van der Waals surface area (Å²) in [5, 5.41) is 11.7. The van der Waals surface area contributed by atoms with Gasteiger partial charge in [0.15, 0.2) is 0 Å². The molecule has 108 valence electrons. The van der Waals surface area contributed by atoms with Gasteiger partial charge in [0.2, 0.25) is 0 Å². The number of benzene rings is 1. The number of carboxylic acid groups (broad SMARTS) is 1. The van der Waals surface area contributed by atoms with Crippen molar-refractivity contribution in [1.29, 1.82) is 0 Å². The van der Waals surface area contributed by atoms with Crippen LogP contribution in [-0.2, 0) is 9.59 Å². The molecule has 0 saturated carbocycles. The number of aryl methyl sites for hydroxylation is 1. The van der Waals surface area contributed by atoms with E-state index in [0.29, 0.717) is 11.4 Å². The fourth-order valence-electron chi connectivity index (χ4n) is 1.74. The third-order valence-corrected chi connectivity index (χ3v) is 3.45. The molecular weight excluding hydrogens is 288 g/mol. The van der Waals surface area contributed by atoms with E-state index in [1.807, 2.05) is 12.3 Å². The zero-order chi connectivity index (χ0) is 15.2. The van der Waals surface area contributed by atoms with Crippen LogP contribution in [0.25, 0.3) is 6.08 Å². The maximum atomic E-state index is 12.2. The molecule has 21 heavy (non-hydrogen) atoms. The van der Waals surface area contributed by atoms with Gasteiger partial charge in [-0.15, -0.1) is 11.3 Å². The lowest BCUT2D eigenvalue weighted by Crippen LogP contribution is -2.34. The van der Waals surface area contributed by atoms with Gasteiger partial charge in [-0.1, -0.05) is 18.2 Å². The lowest BCUT2D eigenvalue weighted by Gasteiger charge is -2.18. The molecular formula is C15H14N2O3S. The molecule has 0 radical (unpaired) electrons. The average molecular weight is 302 g/mol. The fourth-order valence-corrected chi connectivity index (χ4v) is 2.32. The molecule has 0 saturated heterocycles. The molecule has 0 unspecified atom stereocenters. The van der Waals surface area contributed by atoms with Crippen LogP contribution in [0.15, 0.2) is 41.8 Å². The molecule has 1 aromatic carbocycles.